The number of furan rings is 2. The Hall–Kier alpha value is -2.06. The van der Waals surface area contributed by atoms with Crippen molar-refractivity contribution in [3.8, 4) is 0 Å². The van der Waals surface area contributed by atoms with Gasteiger partial charge in [0.1, 0.15) is 11.5 Å². The molecule has 0 saturated heterocycles. The Balaban J connectivity index is 0.000000241. The molecule has 4 aromatic rings. The van der Waals surface area contributed by atoms with Gasteiger partial charge in [-0.25, -0.2) is 12.2 Å². The summed E-state index contributed by atoms with van der Waals surface area (Å²) in [5.74, 6) is 4.25. The van der Waals surface area contributed by atoms with Gasteiger partial charge in [-0.3, -0.25) is 12.2 Å². The molecule has 2 aromatic carbocycles. The second kappa shape index (κ2) is 13.7. The maximum atomic E-state index is 5.72. The zero-order chi connectivity index (χ0) is 23.7. The third-order valence-corrected chi connectivity index (χ3v) is 6.72. The van der Waals surface area contributed by atoms with Crippen molar-refractivity contribution >= 4 is 12.2 Å². The minimum Gasteiger partial charge on any atom is -1.00 e. The van der Waals surface area contributed by atoms with Gasteiger partial charge >= 0.3 is 26.2 Å². The fourth-order valence-corrected chi connectivity index (χ4v) is 4.94. The number of halogens is 2. The van der Waals surface area contributed by atoms with Crippen LogP contribution in [0.3, 0.4) is 0 Å². The Bertz CT molecular complexity index is 1270. The van der Waals surface area contributed by atoms with Gasteiger partial charge < -0.3 is 33.6 Å². The van der Waals surface area contributed by atoms with Crippen molar-refractivity contribution in [1.29, 1.82) is 0 Å². The fourth-order valence-electron chi connectivity index (χ4n) is 4.94. The van der Waals surface area contributed by atoms with Crippen molar-refractivity contribution in [2.24, 2.45) is 0 Å². The van der Waals surface area contributed by atoms with E-state index in [4.69, 9.17) is 8.83 Å². The molecule has 0 saturated carbocycles. The normalized spacial score (nSPS) is 16.0. The van der Waals surface area contributed by atoms with Crippen molar-refractivity contribution in [2.75, 3.05) is 0 Å². The second-order valence-corrected chi connectivity index (χ2v) is 8.93. The molecule has 2 aliphatic rings. The van der Waals surface area contributed by atoms with Crippen LogP contribution in [-0.4, -0.2) is 0 Å². The van der Waals surface area contributed by atoms with Crippen LogP contribution < -0.4 is 24.8 Å². The van der Waals surface area contributed by atoms with E-state index in [1.165, 1.54) is 33.4 Å². The van der Waals surface area contributed by atoms with Crippen molar-refractivity contribution in [3.05, 3.63) is 129 Å². The van der Waals surface area contributed by atoms with Crippen LogP contribution in [0.2, 0.25) is 0 Å². The smallest absolute Gasteiger partial charge is 1.00 e. The molecule has 2 aliphatic carbocycles. The second-order valence-electron chi connectivity index (χ2n) is 8.93. The largest absolute Gasteiger partial charge is 4.00 e. The molecule has 0 N–H and O–H groups in total. The maximum Gasteiger partial charge on any atom is 4.00 e. The van der Waals surface area contributed by atoms with E-state index in [1.807, 2.05) is 26.0 Å². The number of allylic oxidation sites excluding steroid dienone is 2. The predicted octanol–water partition coefficient (Wildman–Crippen LogP) is 2.23. The Kier molecular flexibility index (Phi) is 11.5. The predicted molar refractivity (Wildman–Crippen MR) is 138 cm³/mol. The van der Waals surface area contributed by atoms with E-state index in [2.05, 4.69) is 86.7 Å². The SMILES string of the molecule is CCc1cccc2c1C=[C-]C2c1ccc(C)o1.CCc1cccc2c1C=[C-]C2c1ccc(C)o1.[Cl-].[Cl-].[Zr+4]. The molecule has 2 heterocycles. The van der Waals surface area contributed by atoms with Crippen molar-refractivity contribution < 1.29 is 59.9 Å². The summed E-state index contributed by atoms with van der Waals surface area (Å²) in [7, 11) is 0. The summed E-state index contributed by atoms with van der Waals surface area (Å²) in [5, 5.41) is 0. The first-order valence-electron chi connectivity index (χ1n) is 12.1. The monoisotopic (exact) mass is 606 g/mol. The Labute approximate surface area is 252 Å². The van der Waals surface area contributed by atoms with E-state index >= 15 is 0 Å². The van der Waals surface area contributed by atoms with Crippen LogP contribution in [0, 0.1) is 26.0 Å². The third kappa shape index (κ3) is 6.33. The molecule has 188 valence electrons. The molecule has 0 fully saturated rings. The molecule has 2 unspecified atom stereocenters. The van der Waals surface area contributed by atoms with Gasteiger partial charge in [-0.2, -0.15) is 11.1 Å². The average molecular weight is 609 g/mol. The van der Waals surface area contributed by atoms with Crippen LogP contribution in [0.5, 0.6) is 0 Å². The van der Waals surface area contributed by atoms with E-state index in [0.29, 0.717) is 0 Å². The molecule has 0 bridgehead atoms. The molecule has 5 heteroatoms. The van der Waals surface area contributed by atoms with Gasteiger partial charge in [0.15, 0.2) is 0 Å². The van der Waals surface area contributed by atoms with Gasteiger partial charge in [-0.1, -0.05) is 50.2 Å². The quantitative estimate of drug-likeness (QED) is 0.333. The van der Waals surface area contributed by atoms with Crippen LogP contribution in [0.4, 0.5) is 0 Å². The van der Waals surface area contributed by atoms with Crippen LogP contribution in [-0.2, 0) is 39.0 Å². The van der Waals surface area contributed by atoms with Gasteiger partial charge in [-0.05, 0) is 62.8 Å². The first kappa shape index (κ1) is 31.2. The number of rotatable bonds is 4. The molecule has 0 radical (unpaired) electrons. The van der Waals surface area contributed by atoms with E-state index in [-0.39, 0.29) is 62.9 Å². The van der Waals surface area contributed by atoms with Gasteiger partial charge in [0.05, 0.1) is 11.5 Å². The molecule has 6 rings (SSSR count). The summed E-state index contributed by atoms with van der Waals surface area (Å²) in [6, 6.07) is 21.1. The summed E-state index contributed by atoms with van der Waals surface area (Å²) in [6.07, 6.45) is 13.2. The van der Waals surface area contributed by atoms with E-state index < -0.39 is 0 Å². The average Bonchev–Trinajstić information content (AvgIpc) is 3.64. The van der Waals surface area contributed by atoms with Gasteiger partial charge in [0.25, 0.3) is 0 Å². The summed E-state index contributed by atoms with van der Waals surface area (Å²) in [5.41, 5.74) is 8.07. The summed E-state index contributed by atoms with van der Waals surface area (Å²) in [6.45, 7) is 8.33. The fraction of sp³-hybridized carbons (Fsp3) is 0.250. The third-order valence-electron chi connectivity index (χ3n) is 6.72. The van der Waals surface area contributed by atoms with E-state index in [0.717, 1.165) is 35.9 Å². The molecule has 0 amide bonds. The standard InChI is InChI=1S/2C16H15O.2ClH.Zr/c2*1-3-12-5-4-6-14-13(12)8-9-15(14)16-10-7-11(2)17-16;;;/h2*4-8,10,15H,3H2,1-2H3;2*1H;/q2*-1;;;+4/p-2. The van der Waals surface area contributed by atoms with Gasteiger partial charge in [-0.15, -0.1) is 22.3 Å². The number of hydrogen-bond donors (Lipinski definition) is 0. The van der Waals surface area contributed by atoms with Gasteiger partial charge in [0.2, 0.25) is 0 Å². The number of aryl methyl sites for hydroxylation is 4. The van der Waals surface area contributed by atoms with Crippen LogP contribution in [0.15, 0.2) is 69.5 Å². The van der Waals surface area contributed by atoms with Crippen LogP contribution in [0.1, 0.15) is 82.1 Å². The number of fused-ring (bicyclic) bond motifs is 2. The molecule has 0 spiro atoms. The van der Waals surface area contributed by atoms with E-state index in [9.17, 15) is 0 Å². The Morgan fingerprint density at radius 2 is 1.03 bits per heavy atom. The zero-order valence-corrected chi connectivity index (χ0v) is 25.5. The van der Waals surface area contributed by atoms with Gasteiger partial charge in [0, 0.05) is 0 Å². The molecular weight excluding hydrogens is 578 g/mol. The summed E-state index contributed by atoms with van der Waals surface area (Å²) < 4.78 is 11.4. The van der Waals surface area contributed by atoms with Crippen molar-refractivity contribution in [3.63, 3.8) is 0 Å². The van der Waals surface area contributed by atoms with Crippen molar-refractivity contribution in [2.45, 2.75) is 52.4 Å². The first-order valence-corrected chi connectivity index (χ1v) is 12.1. The topological polar surface area (TPSA) is 26.3 Å². The molecular formula is C32H30Cl2O2Zr. The summed E-state index contributed by atoms with van der Waals surface area (Å²) >= 11 is 0. The molecule has 2 aromatic heterocycles. The first-order chi connectivity index (χ1) is 16.6. The molecule has 37 heavy (non-hydrogen) atoms. The zero-order valence-electron chi connectivity index (χ0n) is 21.6. The van der Waals surface area contributed by atoms with Crippen LogP contribution in [0.25, 0.3) is 12.2 Å². The molecule has 2 nitrogen and oxygen atoms in total. The summed E-state index contributed by atoms with van der Waals surface area (Å²) in [4.78, 5) is 0. The van der Waals surface area contributed by atoms with Crippen molar-refractivity contribution in [1.82, 2.24) is 0 Å². The maximum absolute atomic E-state index is 5.72. The Morgan fingerprint density at radius 3 is 1.35 bits per heavy atom. The Morgan fingerprint density at radius 1 is 0.622 bits per heavy atom. The van der Waals surface area contributed by atoms with E-state index in [1.54, 1.807) is 0 Å². The minimum atomic E-state index is 0. The molecule has 0 aliphatic heterocycles. The molecule has 2 atom stereocenters. The minimum absolute atomic E-state index is 0. The number of benzene rings is 2. The number of hydrogen-bond acceptors (Lipinski definition) is 2. The van der Waals surface area contributed by atoms with Crippen LogP contribution >= 0.6 is 0 Å².